The average molecular weight is 255 g/mol. The summed E-state index contributed by atoms with van der Waals surface area (Å²) in [4.78, 5) is 7.14. The van der Waals surface area contributed by atoms with Crippen LogP contribution in [0.1, 0.15) is 49.4 Å². The molecule has 2 aliphatic rings. The predicted octanol–water partition coefficient (Wildman–Crippen LogP) is 3.07. The Labute approximate surface area is 115 Å². The highest BCUT2D eigenvalue weighted by atomic mass is 15.2. The number of aromatic nitrogens is 1. The van der Waals surface area contributed by atoms with Crippen molar-refractivity contribution < 1.29 is 0 Å². The van der Waals surface area contributed by atoms with Crippen molar-refractivity contribution in [1.82, 2.24) is 4.98 Å². The van der Waals surface area contributed by atoms with Gasteiger partial charge in [0.05, 0.1) is 5.56 Å². The lowest BCUT2D eigenvalue weighted by Crippen LogP contribution is -2.28. The first-order chi connectivity index (χ1) is 9.31. The third kappa shape index (κ3) is 2.58. The normalized spacial score (nSPS) is 17.7. The maximum absolute atomic E-state index is 9.40. The largest absolute Gasteiger partial charge is 0.356 e. The summed E-state index contributed by atoms with van der Waals surface area (Å²) in [5.41, 5.74) is 3.30. The number of pyridine rings is 1. The first-order valence-corrected chi connectivity index (χ1v) is 7.49. The van der Waals surface area contributed by atoms with Crippen LogP contribution in [0.25, 0.3) is 0 Å². The fourth-order valence-electron chi connectivity index (χ4n) is 2.92. The van der Waals surface area contributed by atoms with E-state index in [4.69, 9.17) is 4.98 Å². The van der Waals surface area contributed by atoms with Gasteiger partial charge in [-0.05, 0) is 63.0 Å². The molecule has 19 heavy (non-hydrogen) atoms. The van der Waals surface area contributed by atoms with E-state index < -0.39 is 0 Å². The standard InChI is InChI=1S/C16H21N3/c1-2-19(11-12-7-8-12)16-14(10-17)9-13-5-3-4-6-15(13)18-16/h9,12H,2-8,11H2,1H3. The molecule has 3 rings (SSSR count). The first-order valence-electron chi connectivity index (χ1n) is 7.49. The van der Waals surface area contributed by atoms with Gasteiger partial charge in [-0.2, -0.15) is 5.26 Å². The van der Waals surface area contributed by atoms with Gasteiger partial charge in [0, 0.05) is 18.8 Å². The lowest BCUT2D eigenvalue weighted by molar-refractivity contribution is 0.660. The van der Waals surface area contributed by atoms with Gasteiger partial charge in [0.15, 0.2) is 0 Å². The van der Waals surface area contributed by atoms with Gasteiger partial charge in [-0.15, -0.1) is 0 Å². The molecule has 1 aromatic rings. The molecule has 1 aromatic heterocycles. The molecule has 0 atom stereocenters. The highest BCUT2D eigenvalue weighted by Gasteiger charge is 2.26. The number of nitriles is 1. The van der Waals surface area contributed by atoms with Crippen molar-refractivity contribution >= 4 is 5.82 Å². The average Bonchev–Trinajstić information content (AvgIpc) is 3.27. The molecule has 2 aliphatic carbocycles. The maximum Gasteiger partial charge on any atom is 0.146 e. The van der Waals surface area contributed by atoms with Gasteiger partial charge in [-0.3, -0.25) is 0 Å². The van der Waals surface area contributed by atoms with Crippen molar-refractivity contribution in [2.45, 2.75) is 45.4 Å². The predicted molar refractivity (Wildman–Crippen MR) is 76.2 cm³/mol. The molecule has 0 unspecified atom stereocenters. The second-order valence-corrected chi connectivity index (χ2v) is 5.77. The van der Waals surface area contributed by atoms with Crippen LogP contribution in [0, 0.1) is 17.2 Å². The molecule has 0 spiro atoms. The zero-order valence-electron chi connectivity index (χ0n) is 11.7. The molecular formula is C16H21N3. The summed E-state index contributed by atoms with van der Waals surface area (Å²) in [5.74, 6) is 1.75. The van der Waals surface area contributed by atoms with Crippen molar-refractivity contribution in [2.24, 2.45) is 5.92 Å². The van der Waals surface area contributed by atoms with E-state index in [0.29, 0.717) is 0 Å². The van der Waals surface area contributed by atoms with Gasteiger partial charge in [0.25, 0.3) is 0 Å². The summed E-state index contributed by atoms with van der Waals surface area (Å²) in [6.45, 7) is 4.17. The van der Waals surface area contributed by atoms with E-state index in [9.17, 15) is 5.26 Å². The van der Waals surface area contributed by atoms with Crippen molar-refractivity contribution in [3.05, 3.63) is 22.9 Å². The topological polar surface area (TPSA) is 39.9 Å². The Morgan fingerprint density at radius 3 is 2.84 bits per heavy atom. The lowest BCUT2D eigenvalue weighted by atomic mass is 9.95. The summed E-state index contributed by atoms with van der Waals surface area (Å²) < 4.78 is 0. The van der Waals surface area contributed by atoms with Gasteiger partial charge < -0.3 is 4.90 Å². The molecule has 3 nitrogen and oxygen atoms in total. The smallest absolute Gasteiger partial charge is 0.146 e. The SMILES string of the molecule is CCN(CC1CC1)c1nc2c(cc1C#N)CCCC2. The first kappa shape index (κ1) is 12.5. The van der Waals surface area contributed by atoms with Crippen LogP contribution >= 0.6 is 0 Å². The van der Waals surface area contributed by atoms with Gasteiger partial charge >= 0.3 is 0 Å². The molecule has 0 saturated heterocycles. The monoisotopic (exact) mass is 255 g/mol. The summed E-state index contributed by atoms with van der Waals surface area (Å²) in [6.07, 6.45) is 7.31. The van der Waals surface area contributed by atoms with Gasteiger partial charge in [-0.25, -0.2) is 4.98 Å². The van der Waals surface area contributed by atoms with Gasteiger partial charge in [0.1, 0.15) is 11.9 Å². The Hall–Kier alpha value is -1.56. The second-order valence-electron chi connectivity index (χ2n) is 5.77. The summed E-state index contributed by atoms with van der Waals surface area (Å²) >= 11 is 0. The van der Waals surface area contributed by atoms with Crippen LogP contribution < -0.4 is 4.90 Å². The molecule has 0 amide bonds. The second kappa shape index (κ2) is 5.21. The minimum atomic E-state index is 0.767. The van der Waals surface area contributed by atoms with Crippen molar-refractivity contribution in [2.75, 3.05) is 18.0 Å². The quantitative estimate of drug-likeness (QED) is 0.830. The zero-order valence-corrected chi connectivity index (χ0v) is 11.7. The van der Waals surface area contributed by atoms with Crippen molar-refractivity contribution in [1.29, 1.82) is 5.26 Å². The number of hydrogen-bond donors (Lipinski definition) is 0. The summed E-state index contributed by atoms with van der Waals surface area (Å²) in [7, 11) is 0. The molecule has 1 saturated carbocycles. The van der Waals surface area contributed by atoms with Crippen LogP contribution in [0.15, 0.2) is 6.07 Å². The van der Waals surface area contributed by atoms with E-state index in [1.807, 2.05) is 0 Å². The zero-order chi connectivity index (χ0) is 13.2. The number of anilines is 1. The minimum Gasteiger partial charge on any atom is -0.356 e. The highest BCUT2D eigenvalue weighted by Crippen LogP contribution is 2.33. The van der Waals surface area contributed by atoms with E-state index in [2.05, 4.69) is 24.0 Å². The van der Waals surface area contributed by atoms with E-state index in [1.54, 1.807) is 0 Å². The molecule has 3 heteroatoms. The van der Waals surface area contributed by atoms with Crippen LogP contribution in [0.2, 0.25) is 0 Å². The van der Waals surface area contributed by atoms with Crippen LogP contribution in [-0.2, 0) is 12.8 Å². The Bertz CT molecular complexity index is 511. The van der Waals surface area contributed by atoms with E-state index >= 15 is 0 Å². The number of fused-ring (bicyclic) bond motifs is 1. The number of rotatable bonds is 4. The number of aryl methyl sites for hydroxylation is 2. The van der Waals surface area contributed by atoms with Crippen molar-refractivity contribution in [3.8, 4) is 6.07 Å². The van der Waals surface area contributed by atoms with Crippen molar-refractivity contribution in [3.63, 3.8) is 0 Å². The highest BCUT2D eigenvalue weighted by molar-refractivity contribution is 5.56. The van der Waals surface area contributed by atoms with Crippen LogP contribution in [-0.4, -0.2) is 18.1 Å². The third-order valence-corrected chi connectivity index (χ3v) is 4.26. The molecule has 1 fully saturated rings. The van der Waals surface area contributed by atoms with Crippen LogP contribution in [0.5, 0.6) is 0 Å². The molecule has 0 radical (unpaired) electrons. The van der Waals surface area contributed by atoms with Crippen LogP contribution in [0.4, 0.5) is 5.82 Å². The summed E-state index contributed by atoms with van der Waals surface area (Å²) in [5, 5.41) is 9.40. The lowest BCUT2D eigenvalue weighted by Gasteiger charge is -2.25. The Morgan fingerprint density at radius 2 is 2.16 bits per heavy atom. The van der Waals surface area contributed by atoms with Crippen LogP contribution in [0.3, 0.4) is 0 Å². The Balaban J connectivity index is 1.95. The molecule has 0 bridgehead atoms. The van der Waals surface area contributed by atoms with E-state index in [0.717, 1.165) is 43.2 Å². The molecular weight excluding hydrogens is 234 g/mol. The molecule has 100 valence electrons. The molecule has 1 heterocycles. The molecule has 0 aliphatic heterocycles. The Morgan fingerprint density at radius 1 is 1.37 bits per heavy atom. The number of nitrogens with zero attached hydrogens (tertiary/aromatic N) is 3. The fraction of sp³-hybridized carbons (Fsp3) is 0.625. The molecule has 0 N–H and O–H groups in total. The maximum atomic E-state index is 9.40. The fourth-order valence-corrected chi connectivity index (χ4v) is 2.92. The minimum absolute atomic E-state index is 0.767. The van der Waals surface area contributed by atoms with Gasteiger partial charge in [0.2, 0.25) is 0 Å². The van der Waals surface area contributed by atoms with E-state index in [-0.39, 0.29) is 0 Å². The third-order valence-electron chi connectivity index (χ3n) is 4.26. The number of hydrogen-bond acceptors (Lipinski definition) is 3. The molecule has 0 aromatic carbocycles. The van der Waals surface area contributed by atoms with E-state index in [1.165, 1.54) is 36.9 Å². The summed E-state index contributed by atoms with van der Waals surface area (Å²) in [6, 6.07) is 4.44. The Kier molecular flexibility index (Phi) is 3.42. The van der Waals surface area contributed by atoms with Gasteiger partial charge in [-0.1, -0.05) is 0 Å².